The highest BCUT2D eigenvalue weighted by molar-refractivity contribution is 8.32. The van der Waals surface area contributed by atoms with Crippen LogP contribution in [0.2, 0.25) is 0 Å². The zero-order valence-electron chi connectivity index (χ0n) is 8.97. The van der Waals surface area contributed by atoms with E-state index in [1.165, 1.54) is 0 Å². The summed E-state index contributed by atoms with van der Waals surface area (Å²) in [7, 11) is -1.54. The second kappa shape index (κ2) is 5.29. The van der Waals surface area contributed by atoms with E-state index >= 15 is 0 Å². The van der Waals surface area contributed by atoms with Gasteiger partial charge in [0.2, 0.25) is 0 Å². The fourth-order valence-electron chi connectivity index (χ4n) is 1.94. The lowest BCUT2D eigenvalue weighted by Crippen LogP contribution is -2.17. The normalized spacial score (nSPS) is 26.1. The Labute approximate surface area is 92.4 Å². The summed E-state index contributed by atoms with van der Waals surface area (Å²) in [5.74, 6) is 1.33. The second-order valence-corrected chi connectivity index (χ2v) is 6.56. The molecular formula is C13H17FS. The Kier molecular flexibility index (Phi) is 4.30. The number of rotatable bonds is 2. The highest BCUT2D eigenvalue weighted by Gasteiger charge is 2.21. The van der Waals surface area contributed by atoms with Gasteiger partial charge in [0.05, 0.1) is 0 Å². The number of hydrogen-bond donors (Lipinski definition) is 0. The van der Waals surface area contributed by atoms with Crippen molar-refractivity contribution in [1.29, 1.82) is 0 Å². The third kappa shape index (κ3) is 3.05. The van der Waals surface area contributed by atoms with Gasteiger partial charge in [0, 0.05) is 5.75 Å². The van der Waals surface area contributed by atoms with Crippen molar-refractivity contribution in [2.24, 2.45) is 5.92 Å². The fourth-order valence-corrected chi connectivity index (χ4v) is 3.58. The van der Waals surface area contributed by atoms with Crippen LogP contribution in [0, 0.1) is 17.6 Å². The molecule has 0 radical (unpaired) electrons. The molecule has 0 amide bonds. The summed E-state index contributed by atoms with van der Waals surface area (Å²) in [6.45, 7) is 7.30. The van der Waals surface area contributed by atoms with Crippen molar-refractivity contribution in [3.05, 3.63) is 13.2 Å². The summed E-state index contributed by atoms with van der Waals surface area (Å²) in [6, 6.07) is 0. The molecule has 0 spiro atoms. The van der Waals surface area contributed by atoms with Crippen molar-refractivity contribution in [2.75, 3.05) is 5.75 Å². The molecule has 1 aliphatic carbocycles. The van der Waals surface area contributed by atoms with Crippen LogP contribution < -0.4 is 0 Å². The van der Waals surface area contributed by atoms with E-state index in [0.29, 0.717) is 18.8 Å². The molecule has 0 nitrogen and oxygen atoms in total. The van der Waals surface area contributed by atoms with E-state index in [2.05, 4.69) is 28.5 Å². The van der Waals surface area contributed by atoms with Gasteiger partial charge in [-0.05, 0) is 50.0 Å². The van der Waals surface area contributed by atoms with Crippen molar-refractivity contribution < 1.29 is 4.39 Å². The lowest BCUT2D eigenvalue weighted by molar-refractivity contribution is 0.217. The molecule has 0 aromatic carbocycles. The summed E-state index contributed by atoms with van der Waals surface area (Å²) in [5, 5.41) is 8.52. The lowest BCUT2D eigenvalue weighted by atomic mass is 9.90. The van der Waals surface area contributed by atoms with Gasteiger partial charge in [0.25, 0.3) is 0 Å². The average Bonchev–Trinajstić information content (AvgIpc) is 2.29. The first kappa shape index (κ1) is 12.2. The Morgan fingerprint density at radius 3 is 2.13 bits per heavy atom. The molecule has 1 fully saturated rings. The standard InChI is InChI=1S/C13H17FS/c1-4-15(5-2,6-3)11-12-7-9-13(14)10-8-12/h1,12-13H,2-3,7-11H2. The van der Waals surface area contributed by atoms with Crippen LogP contribution in [0.15, 0.2) is 13.2 Å². The van der Waals surface area contributed by atoms with Gasteiger partial charge >= 0.3 is 0 Å². The summed E-state index contributed by atoms with van der Waals surface area (Å²) in [6.07, 6.45) is 8.03. The molecule has 15 heavy (non-hydrogen) atoms. The maximum absolute atomic E-state index is 12.9. The fraction of sp³-hybridized carbons (Fsp3) is 0.538. The number of halogens is 1. The first-order valence-electron chi connectivity index (χ1n) is 5.16. The summed E-state index contributed by atoms with van der Waals surface area (Å²) >= 11 is 0. The highest BCUT2D eigenvalue weighted by atomic mass is 32.2. The second-order valence-electron chi connectivity index (χ2n) is 3.93. The highest BCUT2D eigenvalue weighted by Crippen LogP contribution is 2.33. The Morgan fingerprint density at radius 2 is 1.73 bits per heavy atom. The molecule has 0 heterocycles. The molecule has 0 aromatic rings. The molecule has 2 heteroatoms. The predicted molar refractivity (Wildman–Crippen MR) is 69.4 cm³/mol. The minimum absolute atomic E-state index is 0.492. The Bertz CT molecular complexity index is 394. The largest absolute Gasteiger partial charge is 0.247 e. The molecular weight excluding hydrogens is 207 g/mol. The topological polar surface area (TPSA) is 0 Å². The van der Waals surface area contributed by atoms with Gasteiger partial charge in [0.1, 0.15) is 6.17 Å². The molecule has 1 saturated carbocycles. The van der Waals surface area contributed by atoms with E-state index in [9.17, 15) is 4.39 Å². The molecule has 0 atom stereocenters. The van der Waals surface area contributed by atoms with Crippen LogP contribution in [0.1, 0.15) is 25.7 Å². The first-order valence-corrected chi connectivity index (χ1v) is 6.96. The molecule has 1 aliphatic rings. The smallest absolute Gasteiger partial charge is 0.100 e. The third-order valence-corrected chi connectivity index (χ3v) is 5.32. The maximum Gasteiger partial charge on any atom is 0.100 e. The quantitative estimate of drug-likeness (QED) is 0.499. The summed E-state index contributed by atoms with van der Waals surface area (Å²) in [4.78, 5) is 0. The van der Waals surface area contributed by atoms with Crippen molar-refractivity contribution in [3.8, 4) is 11.7 Å². The minimum atomic E-state index is -1.54. The number of alkyl halides is 1. The van der Waals surface area contributed by atoms with E-state index in [1.54, 1.807) is 0 Å². The molecule has 0 aromatic heterocycles. The lowest BCUT2D eigenvalue weighted by Gasteiger charge is -2.25. The van der Waals surface area contributed by atoms with Crippen molar-refractivity contribution in [2.45, 2.75) is 31.9 Å². The van der Waals surface area contributed by atoms with Crippen LogP contribution in [0.25, 0.3) is 0 Å². The van der Waals surface area contributed by atoms with E-state index < -0.39 is 15.4 Å². The molecule has 0 bridgehead atoms. The zero-order chi connectivity index (χ0) is 11.3. The van der Waals surface area contributed by atoms with Gasteiger partial charge in [0.15, 0.2) is 0 Å². The minimum Gasteiger partial charge on any atom is -0.247 e. The first-order chi connectivity index (χ1) is 7.15. The summed E-state index contributed by atoms with van der Waals surface area (Å²) < 4.78 is 12.9. The number of terminal acetylenes is 1. The molecule has 0 aliphatic heterocycles. The predicted octanol–water partition coefficient (Wildman–Crippen LogP) is 3.08. The van der Waals surface area contributed by atoms with Crippen molar-refractivity contribution >= 4 is 19.3 Å². The van der Waals surface area contributed by atoms with Crippen molar-refractivity contribution in [3.63, 3.8) is 0 Å². The van der Waals surface area contributed by atoms with Crippen LogP contribution in [0.4, 0.5) is 4.39 Å². The average molecular weight is 224 g/mol. The Morgan fingerprint density at radius 1 is 1.20 bits per heavy atom. The van der Waals surface area contributed by atoms with Gasteiger partial charge in [-0.25, -0.2) is 4.39 Å². The van der Waals surface area contributed by atoms with Crippen LogP contribution in [0.5, 0.6) is 0 Å². The van der Waals surface area contributed by atoms with Gasteiger partial charge in [-0.1, -0.05) is 19.3 Å². The van der Waals surface area contributed by atoms with Crippen LogP contribution in [-0.4, -0.2) is 22.0 Å². The van der Waals surface area contributed by atoms with Crippen LogP contribution in [-0.2, 0) is 0 Å². The molecule has 0 N–H and O–H groups in total. The van der Waals surface area contributed by atoms with Crippen LogP contribution >= 0.6 is 9.21 Å². The van der Waals surface area contributed by atoms with Crippen molar-refractivity contribution in [1.82, 2.24) is 0 Å². The molecule has 82 valence electrons. The Hall–Kier alpha value is -0.860. The maximum atomic E-state index is 12.9. The van der Waals surface area contributed by atoms with Crippen LogP contribution in [0.3, 0.4) is 0 Å². The summed E-state index contributed by atoms with van der Waals surface area (Å²) in [5.41, 5.74) is 0. The van der Waals surface area contributed by atoms with Gasteiger partial charge in [-0.3, -0.25) is 0 Å². The number of hydrogen-bond acceptors (Lipinski definition) is 0. The van der Waals surface area contributed by atoms with Gasteiger partial charge in [-0.2, -0.15) is 0 Å². The molecule has 1 rings (SSSR count). The van der Waals surface area contributed by atoms with Gasteiger partial charge < -0.3 is 0 Å². The zero-order valence-corrected chi connectivity index (χ0v) is 9.78. The van der Waals surface area contributed by atoms with Gasteiger partial charge in [-0.15, -0.1) is 6.42 Å². The Balaban J connectivity index is 2.76. The molecule has 0 saturated heterocycles. The third-order valence-electron chi connectivity index (χ3n) is 2.96. The van der Waals surface area contributed by atoms with E-state index in [1.807, 2.05) is 0 Å². The van der Waals surface area contributed by atoms with E-state index in [-0.39, 0.29) is 0 Å². The monoisotopic (exact) mass is 224 g/mol. The molecule has 0 unspecified atom stereocenters. The van der Waals surface area contributed by atoms with E-state index in [4.69, 9.17) is 6.42 Å². The van der Waals surface area contributed by atoms with E-state index in [0.717, 1.165) is 18.6 Å². The SMILES string of the molecule is C#CS(=C=C)(=C=C)CC1CCC(F)CC1.